The Morgan fingerprint density at radius 1 is 1.39 bits per heavy atom. The highest BCUT2D eigenvalue weighted by atomic mass is 19.1. The highest BCUT2D eigenvalue weighted by Gasteiger charge is 2.14. The van der Waals surface area contributed by atoms with Gasteiger partial charge in [-0.3, -0.25) is 4.79 Å². The van der Waals surface area contributed by atoms with Gasteiger partial charge in [0, 0.05) is 12.1 Å². The fourth-order valence-electron chi connectivity index (χ4n) is 2.30. The van der Waals surface area contributed by atoms with E-state index in [1.165, 1.54) is 12.1 Å². The predicted octanol–water partition coefficient (Wildman–Crippen LogP) is 2.54. The number of rotatable bonds is 4. The third-order valence-electron chi connectivity index (χ3n) is 3.35. The highest BCUT2D eigenvalue weighted by Crippen LogP contribution is 2.18. The molecule has 1 aliphatic heterocycles. The summed E-state index contributed by atoms with van der Waals surface area (Å²) in [5, 5.41) is 6.03. The third kappa shape index (κ3) is 4.11. The Kier molecular flexibility index (Phi) is 4.70. The second kappa shape index (κ2) is 6.50. The van der Waals surface area contributed by atoms with Crippen molar-refractivity contribution in [3.63, 3.8) is 0 Å². The van der Waals surface area contributed by atoms with Crippen LogP contribution in [0.15, 0.2) is 24.3 Å². The monoisotopic (exact) mass is 250 g/mol. The van der Waals surface area contributed by atoms with Crippen molar-refractivity contribution in [2.75, 3.05) is 18.4 Å². The molecule has 1 aromatic rings. The molecule has 1 fully saturated rings. The number of carbonyl (C=O) groups excluding carboxylic acids is 1. The van der Waals surface area contributed by atoms with Gasteiger partial charge in [0.1, 0.15) is 5.82 Å². The first-order valence-electron chi connectivity index (χ1n) is 6.50. The molecule has 2 rings (SSSR count). The van der Waals surface area contributed by atoms with E-state index in [-0.39, 0.29) is 11.7 Å². The Hall–Kier alpha value is -1.42. The normalized spacial score (nSPS) is 16.5. The maximum atomic E-state index is 12.9. The number of carbonyl (C=O) groups is 1. The first-order chi connectivity index (χ1) is 8.74. The molecule has 18 heavy (non-hydrogen) atoms. The number of hydrogen-bond acceptors (Lipinski definition) is 2. The van der Waals surface area contributed by atoms with Gasteiger partial charge in [0.05, 0.1) is 0 Å². The number of hydrogen-bond donors (Lipinski definition) is 2. The quantitative estimate of drug-likeness (QED) is 0.862. The van der Waals surface area contributed by atoms with Gasteiger partial charge in [-0.2, -0.15) is 0 Å². The van der Waals surface area contributed by atoms with Crippen molar-refractivity contribution in [1.82, 2.24) is 5.32 Å². The molecule has 0 radical (unpaired) electrons. The zero-order valence-electron chi connectivity index (χ0n) is 10.4. The van der Waals surface area contributed by atoms with Gasteiger partial charge < -0.3 is 10.6 Å². The van der Waals surface area contributed by atoms with Crippen molar-refractivity contribution in [2.45, 2.75) is 25.7 Å². The zero-order valence-corrected chi connectivity index (χ0v) is 10.4. The van der Waals surface area contributed by atoms with Crippen molar-refractivity contribution < 1.29 is 9.18 Å². The molecule has 0 aromatic heterocycles. The molecular weight excluding hydrogens is 231 g/mol. The molecule has 0 unspecified atom stereocenters. The largest absolute Gasteiger partial charge is 0.326 e. The number of benzene rings is 1. The predicted molar refractivity (Wildman–Crippen MR) is 69.9 cm³/mol. The smallest absolute Gasteiger partial charge is 0.224 e. The Bertz CT molecular complexity index is 403. The molecule has 1 aromatic carbocycles. The summed E-state index contributed by atoms with van der Waals surface area (Å²) in [4.78, 5) is 11.7. The van der Waals surface area contributed by atoms with Crippen molar-refractivity contribution >= 4 is 11.6 Å². The molecule has 1 aliphatic rings. The van der Waals surface area contributed by atoms with E-state index in [1.54, 1.807) is 12.1 Å². The second-order valence-corrected chi connectivity index (χ2v) is 4.79. The van der Waals surface area contributed by atoms with E-state index in [2.05, 4.69) is 10.6 Å². The van der Waals surface area contributed by atoms with Crippen LogP contribution in [0.3, 0.4) is 0 Å². The Balaban J connectivity index is 1.74. The minimum atomic E-state index is -0.328. The summed E-state index contributed by atoms with van der Waals surface area (Å²) >= 11 is 0. The first kappa shape index (κ1) is 13.0. The summed E-state index contributed by atoms with van der Waals surface area (Å²) < 4.78 is 12.9. The highest BCUT2D eigenvalue weighted by molar-refractivity contribution is 5.90. The number of anilines is 1. The summed E-state index contributed by atoms with van der Waals surface area (Å²) in [5.41, 5.74) is 0.533. The van der Waals surface area contributed by atoms with Crippen LogP contribution in [0.2, 0.25) is 0 Å². The van der Waals surface area contributed by atoms with Gasteiger partial charge in [-0.05, 0) is 56.5 Å². The second-order valence-electron chi connectivity index (χ2n) is 4.79. The molecule has 1 amide bonds. The summed E-state index contributed by atoms with van der Waals surface area (Å²) in [6.07, 6.45) is 3.73. The molecule has 2 N–H and O–H groups in total. The minimum Gasteiger partial charge on any atom is -0.326 e. The molecule has 0 saturated carbocycles. The summed E-state index contributed by atoms with van der Waals surface area (Å²) in [7, 11) is 0. The molecular formula is C14H19FN2O. The summed E-state index contributed by atoms with van der Waals surface area (Å²) in [6.45, 7) is 2.10. The van der Waals surface area contributed by atoms with E-state index in [9.17, 15) is 9.18 Å². The van der Waals surface area contributed by atoms with Crippen LogP contribution in [0.5, 0.6) is 0 Å². The summed E-state index contributed by atoms with van der Waals surface area (Å²) in [5.74, 6) is 0.287. The van der Waals surface area contributed by atoms with Crippen molar-refractivity contribution in [2.24, 2.45) is 5.92 Å². The van der Waals surface area contributed by atoms with E-state index in [0.29, 0.717) is 18.0 Å². The van der Waals surface area contributed by atoms with Gasteiger partial charge in [0.15, 0.2) is 0 Å². The topological polar surface area (TPSA) is 41.1 Å². The lowest BCUT2D eigenvalue weighted by Gasteiger charge is -2.22. The third-order valence-corrected chi connectivity index (χ3v) is 3.35. The molecule has 4 heteroatoms. The van der Waals surface area contributed by atoms with Crippen LogP contribution in [0.25, 0.3) is 0 Å². The number of nitrogens with one attached hydrogen (secondary N) is 2. The number of amides is 1. The van der Waals surface area contributed by atoms with Crippen molar-refractivity contribution in [3.8, 4) is 0 Å². The Morgan fingerprint density at radius 2 is 2.17 bits per heavy atom. The molecule has 0 bridgehead atoms. The van der Waals surface area contributed by atoms with Crippen LogP contribution in [-0.4, -0.2) is 19.0 Å². The lowest BCUT2D eigenvalue weighted by Crippen LogP contribution is -2.28. The molecule has 0 aliphatic carbocycles. The van der Waals surface area contributed by atoms with E-state index in [1.807, 2.05) is 0 Å². The van der Waals surface area contributed by atoms with Gasteiger partial charge in [0.2, 0.25) is 5.91 Å². The molecule has 0 spiro atoms. The molecule has 1 saturated heterocycles. The van der Waals surface area contributed by atoms with Crippen LogP contribution in [0, 0.1) is 11.7 Å². The zero-order chi connectivity index (χ0) is 12.8. The van der Waals surface area contributed by atoms with E-state index >= 15 is 0 Å². The van der Waals surface area contributed by atoms with E-state index in [4.69, 9.17) is 0 Å². The summed E-state index contributed by atoms with van der Waals surface area (Å²) in [6, 6.07) is 6.00. The van der Waals surface area contributed by atoms with Gasteiger partial charge in [-0.1, -0.05) is 6.07 Å². The van der Waals surface area contributed by atoms with Gasteiger partial charge >= 0.3 is 0 Å². The molecule has 0 atom stereocenters. The van der Waals surface area contributed by atoms with Crippen LogP contribution in [0.4, 0.5) is 10.1 Å². The van der Waals surface area contributed by atoms with Crippen LogP contribution >= 0.6 is 0 Å². The standard InChI is InChI=1S/C14H19FN2O/c15-12-2-1-3-13(10-12)17-14(18)5-4-11-6-8-16-9-7-11/h1-3,10-11,16H,4-9H2,(H,17,18). The first-order valence-corrected chi connectivity index (χ1v) is 6.50. The maximum Gasteiger partial charge on any atom is 0.224 e. The van der Waals surface area contributed by atoms with Crippen LogP contribution < -0.4 is 10.6 Å². The molecule has 98 valence electrons. The molecule has 3 nitrogen and oxygen atoms in total. The minimum absolute atomic E-state index is 0.0286. The van der Waals surface area contributed by atoms with Gasteiger partial charge in [-0.15, -0.1) is 0 Å². The van der Waals surface area contributed by atoms with Crippen molar-refractivity contribution in [3.05, 3.63) is 30.1 Å². The van der Waals surface area contributed by atoms with Crippen LogP contribution in [-0.2, 0) is 4.79 Å². The lowest BCUT2D eigenvalue weighted by molar-refractivity contribution is -0.116. The lowest BCUT2D eigenvalue weighted by atomic mass is 9.93. The Labute approximate surface area is 107 Å². The Morgan fingerprint density at radius 3 is 2.89 bits per heavy atom. The van der Waals surface area contributed by atoms with Crippen LogP contribution in [0.1, 0.15) is 25.7 Å². The average molecular weight is 250 g/mol. The average Bonchev–Trinajstić information content (AvgIpc) is 2.38. The fourth-order valence-corrected chi connectivity index (χ4v) is 2.30. The SMILES string of the molecule is O=C(CCC1CCNCC1)Nc1cccc(F)c1. The van der Waals surface area contributed by atoms with Crippen molar-refractivity contribution in [1.29, 1.82) is 0 Å². The number of halogens is 1. The van der Waals surface area contributed by atoms with E-state index < -0.39 is 0 Å². The van der Waals surface area contributed by atoms with E-state index in [0.717, 1.165) is 32.4 Å². The van der Waals surface area contributed by atoms with Gasteiger partial charge in [-0.25, -0.2) is 4.39 Å². The van der Waals surface area contributed by atoms with Gasteiger partial charge in [0.25, 0.3) is 0 Å². The maximum absolute atomic E-state index is 12.9. The fraction of sp³-hybridized carbons (Fsp3) is 0.500. The molecule has 1 heterocycles. The number of piperidine rings is 1.